The van der Waals surface area contributed by atoms with Crippen molar-refractivity contribution in [3.63, 3.8) is 0 Å². The molecule has 0 unspecified atom stereocenters. The molecule has 0 fully saturated rings. The number of nitrogens with two attached hydrogens (primary N) is 1. The highest BCUT2D eigenvalue weighted by Crippen LogP contribution is 2.02. The second-order valence-corrected chi connectivity index (χ2v) is 2.60. The smallest absolute Gasteiger partial charge is 0.315 e. The molecule has 0 aliphatic heterocycles. The van der Waals surface area contributed by atoms with E-state index in [9.17, 15) is 4.79 Å². The molecular formula is C9H9N3O2. The molecule has 0 radical (unpaired) electrons. The van der Waals surface area contributed by atoms with E-state index in [4.69, 9.17) is 10.8 Å². The van der Waals surface area contributed by atoms with Gasteiger partial charge in [-0.1, -0.05) is 11.8 Å². The number of nitrogen functional groups attached to an aromatic ring is 1. The number of hydrogen-bond acceptors (Lipinski definition) is 4. The van der Waals surface area contributed by atoms with Crippen LogP contribution in [-0.2, 0) is 4.79 Å². The third kappa shape index (κ3) is 2.75. The van der Waals surface area contributed by atoms with Crippen LogP contribution in [0.4, 0.5) is 5.95 Å². The van der Waals surface area contributed by atoms with Gasteiger partial charge in [0.1, 0.15) is 6.42 Å². The molecule has 1 aromatic heterocycles. The molecular weight excluding hydrogens is 182 g/mol. The minimum Gasteiger partial charge on any atom is -0.481 e. The molecule has 0 aliphatic carbocycles. The molecule has 14 heavy (non-hydrogen) atoms. The number of aryl methyl sites for hydroxylation is 1. The molecule has 5 heteroatoms. The Bertz CT molecular complexity index is 418. The Kier molecular flexibility index (Phi) is 3.02. The standard InChI is InChI=1S/C9H9N3O2/c1-6-7(3-2-4-8(13)14)5-11-9(10)12-6/h5H,4H2,1H3,(H,13,14)(H2,10,11,12). The van der Waals surface area contributed by atoms with Crippen LogP contribution < -0.4 is 5.73 Å². The topological polar surface area (TPSA) is 89.1 Å². The minimum absolute atomic E-state index is 0.186. The molecule has 72 valence electrons. The Morgan fingerprint density at radius 2 is 2.43 bits per heavy atom. The van der Waals surface area contributed by atoms with Gasteiger partial charge in [-0.2, -0.15) is 0 Å². The first-order chi connectivity index (χ1) is 6.59. The number of aliphatic carboxylic acids is 1. The summed E-state index contributed by atoms with van der Waals surface area (Å²) in [7, 11) is 0. The Labute approximate surface area is 81.0 Å². The van der Waals surface area contributed by atoms with Crippen LogP contribution in [0.1, 0.15) is 17.7 Å². The summed E-state index contributed by atoms with van der Waals surface area (Å²) >= 11 is 0. The van der Waals surface area contributed by atoms with E-state index in [0.29, 0.717) is 11.3 Å². The molecule has 0 bridgehead atoms. The Morgan fingerprint density at radius 1 is 1.71 bits per heavy atom. The van der Waals surface area contributed by atoms with E-state index in [-0.39, 0.29) is 12.4 Å². The van der Waals surface area contributed by atoms with Crippen molar-refractivity contribution < 1.29 is 9.90 Å². The van der Waals surface area contributed by atoms with Crippen LogP contribution in [0.5, 0.6) is 0 Å². The number of nitrogens with zero attached hydrogens (tertiary/aromatic N) is 2. The van der Waals surface area contributed by atoms with Crippen molar-refractivity contribution in [2.75, 3.05) is 5.73 Å². The highest BCUT2D eigenvalue weighted by atomic mass is 16.4. The van der Waals surface area contributed by atoms with Gasteiger partial charge in [-0.15, -0.1) is 0 Å². The lowest BCUT2D eigenvalue weighted by molar-refractivity contribution is -0.135. The molecule has 0 saturated carbocycles. The number of carboxylic acid groups (broad SMARTS) is 1. The maximum Gasteiger partial charge on any atom is 0.315 e. The summed E-state index contributed by atoms with van der Waals surface area (Å²) in [5.41, 5.74) is 6.59. The maximum absolute atomic E-state index is 10.2. The Hall–Kier alpha value is -2.09. The predicted molar refractivity (Wildman–Crippen MR) is 50.3 cm³/mol. The van der Waals surface area contributed by atoms with Crippen LogP contribution in [0.25, 0.3) is 0 Å². The number of rotatable bonds is 1. The zero-order valence-corrected chi connectivity index (χ0v) is 7.61. The fourth-order valence-corrected chi connectivity index (χ4v) is 0.823. The zero-order valence-electron chi connectivity index (χ0n) is 7.61. The monoisotopic (exact) mass is 191 g/mol. The molecule has 1 rings (SSSR count). The van der Waals surface area contributed by atoms with Crippen LogP contribution in [-0.4, -0.2) is 21.0 Å². The van der Waals surface area contributed by atoms with Crippen LogP contribution >= 0.6 is 0 Å². The summed E-state index contributed by atoms with van der Waals surface area (Å²) in [5, 5.41) is 8.35. The molecule has 0 amide bonds. The van der Waals surface area contributed by atoms with E-state index < -0.39 is 5.97 Å². The molecule has 0 spiro atoms. The van der Waals surface area contributed by atoms with E-state index in [1.807, 2.05) is 0 Å². The Morgan fingerprint density at radius 3 is 3.00 bits per heavy atom. The van der Waals surface area contributed by atoms with E-state index in [1.165, 1.54) is 6.20 Å². The molecule has 1 heterocycles. The highest BCUT2D eigenvalue weighted by molar-refractivity contribution is 5.70. The van der Waals surface area contributed by atoms with Crippen molar-refractivity contribution >= 4 is 11.9 Å². The van der Waals surface area contributed by atoms with E-state index in [0.717, 1.165) is 0 Å². The summed E-state index contributed by atoms with van der Waals surface area (Å²) in [6.45, 7) is 1.74. The number of aromatic nitrogens is 2. The number of carboxylic acids is 1. The predicted octanol–water partition coefficient (Wildman–Crippen LogP) is 0.193. The number of anilines is 1. The third-order valence-corrected chi connectivity index (χ3v) is 1.46. The molecule has 0 aromatic carbocycles. The molecule has 3 N–H and O–H groups in total. The lowest BCUT2D eigenvalue weighted by Crippen LogP contribution is -1.98. The third-order valence-electron chi connectivity index (χ3n) is 1.46. The van der Waals surface area contributed by atoms with Gasteiger partial charge in [0.15, 0.2) is 0 Å². The van der Waals surface area contributed by atoms with E-state index in [2.05, 4.69) is 21.8 Å². The second kappa shape index (κ2) is 4.23. The van der Waals surface area contributed by atoms with Crippen LogP contribution in [0, 0.1) is 18.8 Å². The van der Waals surface area contributed by atoms with Gasteiger partial charge in [0.2, 0.25) is 5.95 Å². The Balaban J connectivity index is 2.85. The van der Waals surface area contributed by atoms with E-state index >= 15 is 0 Å². The highest BCUT2D eigenvalue weighted by Gasteiger charge is 1.97. The molecule has 0 saturated heterocycles. The summed E-state index contributed by atoms with van der Waals surface area (Å²) in [4.78, 5) is 17.8. The van der Waals surface area contributed by atoms with Gasteiger partial charge in [-0.25, -0.2) is 9.97 Å². The summed E-state index contributed by atoms with van der Waals surface area (Å²) in [5.74, 6) is 4.39. The van der Waals surface area contributed by atoms with Crippen molar-refractivity contribution in [3.8, 4) is 11.8 Å². The fourth-order valence-electron chi connectivity index (χ4n) is 0.823. The number of hydrogen-bond donors (Lipinski definition) is 2. The zero-order chi connectivity index (χ0) is 10.6. The first-order valence-electron chi connectivity index (χ1n) is 3.89. The molecule has 5 nitrogen and oxygen atoms in total. The van der Waals surface area contributed by atoms with Crippen LogP contribution in [0.2, 0.25) is 0 Å². The second-order valence-electron chi connectivity index (χ2n) is 2.60. The normalized spacial score (nSPS) is 8.93. The fraction of sp³-hybridized carbons (Fsp3) is 0.222. The van der Waals surface area contributed by atoms with Crippen molar-refractivity contribution in [2.24, 2.45) is 0 Å². The molecule has 0 atom stereocenters. The SMILES string of the molecule is Cc1nc(N)ncc1C#CCC(=O)O. The molecule has 1 aromatic rings. The van der Waals surface area contributed by atoms with Crippen molar-refractivity contribution in [2.45, 2.75) is 13.3 Å². The molecule has 0 aliphatic rings. The summed E-state index contributed by atoms with van der Waals surface area (Å²) < 4.78 is 0. The van der Waals surface area contributed by atoms with Crippen molar-refractivity contribution in [1.82, 2.24) is 9.97 Å². The average molecular weight is 191 g/mol. The van der Waals surface area contributed by atoms with Gasteiger partial charge in [0.05, 0.1) is 11.3 Å². The minimum atomic E-state index is -0.952. The lowest BCUT2D eigenvalue weighted by Gasteiger charge is -1.96. The van der Waals surface area contributed by atoms with Gasteiger partial charge in [-0.05, 0) is 6.92 Å². The first-order valence-corrected chi connectivity index (χ1v) is 3.89. The largest absolute Gasteiger partial charge is 0.481 e. The quantitative estimate of drug-likeness (QED) is 0.618. The van der Waals surface area contributed by atoms with Gasteiger partial charge < -0.3 is 10.8 Å². The average Bonchev–Trinajstić information content (AvgIpc) is 2.08. The van der Waals surface area contributed by atoms with Crippen molar-refractivity contribution in [3.05, 3.63) is 17.5 Å². The van der Waals surface area contributed by atoms with Gasteiger partial charge >= 0.3 is 5.97 Å². The maximum atomic E-state index is 10.2. The first kappa shape index (κ1) is 9.99. The number of carbonyl (C=O) groups is 1. The van der Waals surface area contributed by atoms with E-state index in [1.54, 1.807) is 6.92 Å². The van der Waals surface area contributed by atoms with Crippen LogP contribution in [0.15, 0.2) is 6.20 Å². The van der Waals surface area contributed by atoms with Gasteiger partial charge in [-0.3, -0.25) is 4.79 Å². The van der Waals surface area contributed by atoms with Crippen molar-refractivity contribution in [1.29, 1.82) is 0 Å². The van der Waals surface area contributed by atoms with Crippen LogP contribution in [0.3, 0.4) is 0 Å². The summed E-state index contributed by atoms with van der Waals surface area (Å²) in [6, 6.07) is 0. The lowest BCUT2D eigenvalue weighted by atomic mass is 10.2. The van der Waals surface area contributed by atoms with Gasteiger partial charge in [0.25, 0.3) is 0 Å². The van der Waals surface area contributed by atoms with Gasteiger partial charge in [0, 0.05) is 6.20 Å². The summed E-state index contributed by atoms with van der Waals surface area (Å²) in [6.07, 6.45) is 1.29.